The molecule has 0 spiro atoms. The van der Waals surface area contributed by atoms with Crippen molar-refractivity contribution in [3.05, 3.63) is 71.5 Å². The summed E-state index contributed by atoms with van der Waals surface area (Å²) in [6, 6.07) is 16.1. The number of nitrogens with zero attached hydrogens (tertiary/aromatic N) is 2. The van der Waals surface area contributed by atoms with E-state index in [9.17, 15) is 19.5 Å². The number of carbonyl (C=O) groups excluding carboxylic acids is 2. The Morgan fingerprint density at radius 1 is 1.09 bits per heavy atom. The number of alkyl carbamates (subject to hydrolysis) is 1. The molecule has 0 radical (unpaired) electrons. The molecule has 1 aliphatic rings. The van der Waals surface area contributed by atoms with Crippen LogP contribution in [0.3, 0.4) is 0 Å². The second-order valence-electron chi connectivity index (χ2n) is 8.15. The number of nitrogens with one attached hydrogen (secondary N) is 2. The van der Waals surface area contributed by atoms with Gasteiger partial charge in [0.05, 0.1) is 24.4 Å². The highest BCUT2D eigenvalue weighted by molar-refractivity contribution is 5.99. The average molecular weight is 479 g/mol. The number of rotatable bonds is 9. The van der Waals surface area contributed by atoms with Crippen molar-refractivity contribution in [2.75, 3.05) is 25.6 Å². The van der Waals surface area contributed by atoms with Crippen LogP contribution in [0.1, 0.15) is 34.0 Å². The summed E-state index contributed by atoms with van der Waals surface area (Å²) in [6.07, 6.45) is -0.0955. The van der Waals surface area contributed by atoms with Gasteiger partial charge in [0.25, 0.3) is 0 Å². The molecular formula is C25H26N4O6. The quantitative estimate of drug-likeness (QED) is 0.431. The van der Waals surface area contributed by atoms with Gasteiger partial charge in [-0.3, -0.25) is 9.48 Å². The van der Waals surface area contributed by atoms with Gasteiger partial charge in [-0.05, 0) is 22.3 Å². The monoisotopic (exact) mass is 478 g/mol. The van der Waals surface area contributed by atoms with Crippen molar-refractivity contribution in [2.24, 2.45) is 7.05 Å². The zero-order chi connectivity index (χ0) is 24.9. The molecule has 3 N–H and O–H groups in total. The van der Waals surface area contributed by atoms with Crippen molar-refractivity contribution in [1.29, 1.82) is 0 Å². The van der Waals surface area contributed by atoms with Gasteiger partial charge in [0.2, 0.25) is 5.91 Å². The molecule has 1 unspecified atom stereocenters. The Bertz CT molecular complexity index is 1210. The molecule has 10 heteroatoms. The predicted molar refractivity (Wildman–Crippen MR) is 127 cm³/mol. The number of carboxylic acid groups (broad SMARTS) is 1. The molecule has 4 rings (SSSR count). The van der Waals surface area contributed by atoms with Crippen LogP contribution in [0, 0.1) is 0 Å². The van der Waals surface area contributed by atoms with Gasteiger partial charge in [0.1, 0.15) is 6.61 Å². The number of hydrogen-bond acceptors (Lipinski definition) is 6. The van der Waals surface area contributed by atoms with Crippen molar-refractivity contribution in [3.8, 4) is 11.1 Å². The molecule has 1 atom stereocenters. The number of amides is 2. The molecule has 2 amide bonds. The number of aromatic carboxylic acids is 1. The fraction of sp³-hybridized carbons (Fsp3) is 0.280. The summed E-state index contributed by atoms with van der Waals surface area (Å²) in [7, 11) is 2.89. The topological polar surface area (TPSA) is 132 Å². The number of methoxy groups -OCH3 is 1. The number of hydrogen-bond donors (Lipinski definition) is 3. The zero-order valence-electron chi connectivity index (χ0n) is 19.4. The summed E-state index contributed by atoms with van der Waals surface area (Å²) in [5.74, 6) is -1.73. The van der Waals surface area contributed by atoms with Crippen LogP contribution in [0.15, 0.2) is 54.7 Å². The van der Waals surface area contributed by atoms with Crippen molar-refractivity contribution >= 4 is 23.7 Å². The van der Waals surface area contributed by atoms with Crippen LogP contribution in [-0.2, 0) is 21.3 Å². The van der Waals surface area contributed by atoms with Crippen molar-refractivity contribution < 1.29 is 29.0 Å². The molecule has 2 aromatic carbocycles. The van der Waals surface area contributed by atoms with Crippen LogP contribution in [0.5, 0.6) is 0 Å². The third kappa shape index (κ3) is 5.17. The Morgan fingerprint density at radius 2 is 1.71 bits per heavy atom. The fourth-order valence-electron chi connectivity index (χ4n) is 4.28. The van der Waals surface area contributed by atoms with Gasteiger partial charge < -0.3 is 25.2 Å². The highest BCUT2D eigenvalue weighted by Gasteiger charge is 2.29. The smallest absolute Gasteiger partial charge is 0.407 e. The lowest BCUT2D eigenvalue weighted by molar-refractivity contribution is -0.118. The van der Waals surface area contributed by atoms with Crippen LogP contribution in [0.4, 0.5) is 10.5 Å². The van der Waals surface area contributed by atoms with E-state index in [1.54, 1.807) is 0 Å². The first-order chi connectivity index (χ1) is 16.9. The van der Waals surface area contributed by atoms with Gasteiger partial charge in [-0.25, -0.2) is 9.59 Å². The average Bonchev–Trinajstić information content (AvgIpc) is 3.37. The Labute approximate surface area is 201 Å². The first-order valence-corrected chi connectivity index (χ1v) is 11.1. The number of ether oxygens (including phenoxy) is 2. The summed E-state index contributed by atoms with van der Waals surface area (Å²) in [6.45, 7) is 0.219. The van der Waals surface area contributed by atoms with Crippen LogP contribution in [0.25, 0.3) is 11.1 Å². The van der Waals surface area contributed by atoms with E-state index >= 15 is 0 Å². The van der Waals surface area contributed by atoms with E-state index in [4.69, 9.17) is 9.47 Å². The Hall–Kier alpha value is -4.18. The van der Waals surface area contributed by atoms with Crippen LogP contribution in [0.2, 0.25) is 0 Å². The summed E-state index contributed by atoms with van der Waals surface area (Å²) in [5.41, 5.74) is 4.46. The zero-order valence-corrected chi connectivity index (χ0v) is 19.4. The lowest BCUT2D eigenvalue weighted by Gasteiger charge is -2.17. The van der Waals surface area contributed by atoms with Gasteiger partial charge in [-0.1, -0.05) is 48.5 Å². The van der Waals surface area contributed by atoms with Crippen LogP contribution < -0.4 is 10.6 Å². The van der Waals surface area contributed by atoms with E-state index < -0.39 is 24.1 Å². The molecule has 10 nitrogen and oxygen atoms in total. The number of carboxylic acids is 1. The molecule has 1 aliphatic carbocycles. The van der Waals surface area contributed by atoms with Crippen molar-refractivity contribution in [3.63, 3.8) is 0 Å². The highest BCUT2D eigenvalue weighted by atomic mass is 16.5. The highest BCUT2D eigenvalue weighted by Crippen LogP contribution is 2.44. The molecule has 1 aromatic heterocycles. The van der Waals surface area contributed by atoms with Gasteiger partial charge in [-0.2, -0.15) is 5.10 Å². The number of aromatic nitrogens is 2. The minimum absolute atomic E-state index is 0.0411. The summed E-state index contributed by atoms with van der Waals surface area (Å²) < 4.78 is 11.9. The lowest BCUT2D eigenvalue weighted by Crippen LogP contribution is -2.36. The third-order valence-electron chi connectivity index (χ3n) is 5.98. The number of anilines is 1. The van der Waals surface area contributed by atoms with E-state index in [1.807, 2.05) is 36.4 Å². The van der Waals surface area contributed by atoms with E-state index in [2.05, 4.69) is 27.9 Å². The molecule has 1 heterocycles. The molecule has 0 saturated heterocycles. The summed E-state index contributed by atoms with van der Waals surface area (Å²) in [5, 5.41) is 18.3. The Kier molecular flexibility index (Phi) is 7.11. The van der Waals surface area contributed by atoms with Crippen LogP contribution in [-0.4, -0.2) is 59.2 Å². The standard InChI is InChI=1S/C25H26N4O6/c1-29-23(24(31)32)21(13-27-29)28-22(30)11-15(34-2)12-26-25(33)35-14-20-18-9-5-3-7-16(18)17-8-4-6-10-19(17)20/h3-10,13,15,20H,11-12,14H2,1-2H3,(H,26,33)(H,28,30)(H,31,32). The second-order valence-corrected chi connectivity index (χ2v) is 8.15. The number of benzene rings is 2. The largest absolute Gasteiger partial charge is 0.476 e. The minimum atomic E-state index is -1.21. The number of aryl methyl sites for hydroxylation is 1. The first-order valence-electron chi connectivity index (χ1n) is 11.1. The SMILES string of the molecule is COC(CNC(=O)OCC1c2ccccc2-c2ccccc21)CC(=O)Nc1cnn(C)c1C(=O)O. The van der Waals surface area contributed by atoms with Crippen LogP contribution >= 0.6 is 0 Å². The lowest BCUT2D eigenvalue weighted by atomic mass is 9.98. The molecule has 35 heavy (non-hydrogen) atoms. The number of carbonyl (C=O) groups is 3. The third-order valence-corrected chi connectivity index (χ3v) is 5.98. The Balaban J connectivity index is 1.29. The maximum absolute atomic E-state index is 12.4. The number of fused-ring (bicyclic) bond motifs is 3. The van der Waals surface area contributed by atoms with Crippen molar-refractivity contribution in [2.45, 2.75) is 18.4 Å². The Morgan fingerprint density at radius 3 is 2.31 bits per heavy atom. The van der Waals surface area contributed by atoms with Gasteiger partial charge in [0, 0.05) is 26.6 Å². The molecular weight excluding hydrogens is 452 g/mol. The molecule has 0 bridgehead atoms. The summed E-state index contributed by atoms with van der Waals surface area (Å²) >= 11 is 0. The van der Waals surface area contributed by atoms with Crippen molar-refractivity contribution in [1.82, 2.24) is 15.1 Å². The van der Waals surface area contributed by atoms with Gasteiger partial charge in [0.15, 0.2) is 5.69 Å². The van der Waals surface area contributed by atoms with Gasteiger partial charge >= 0.3 is 12.1 Å². The molecule has 0 aliphatic heterocycles. The second kappa shape index (κ2) is 10.4. The maximum atomic E-state index is 12.4. The molecule has 0 saturated carbocycles. The van der Waals surface area contributed by atoms with E-state index in [-0.39, 0.29) is 36.9 Å². The molecule has 0 fully saturated rings. The summed E-state index contributed by atoms with van der Waals surface area (Å²) in [4.78, 5) is 36.1. The normalized spacial score (nSPS) is 13.0. The van der Waals surface area contributed by atoms with Gasteiger partial charge in [-0.15, -0.1) is 0 Å². The first kappa shape index (κ1) is 24.0. The maximum Gasteiger partial charge on any atom is 0.407 e. The van der Waals surface area contributed by atoms with E-state index in [1.165, 1.54) is 20.4 Å². The molecule has 3 aromatic rings. The fourth-order valence-corrected chi connectivity index (χ4v) is 4.28. The molecule has 182 valence electrons. The van der Waals surface area contributed by atoms with E-state index in [0.717, 1.165) is 26.9 Å². The predicted octanol–water partition coefficient (Wildman–Crippen LogP) is 3.00. The van der Waals surface area contributed by atoms with E-state index in [0.29, 0.717) is 0 Å². The minimum Gasteiger partial charge on any atom is -0.476 e.